The Bertz CT molecular complexity index is 1090. The number of nitrogens with one attached hydrogen (secondary N) is 1. The van der Waals surface area contributed by atoms with Gasteiger partial charge in [-0.1, -0.05) is 55.8 Å². The van der Waals surface area contributed by atoms with E-state index in [1.54, 1.807) is 31.9 Å². The Labute approximate surface area is 217 Å². The summed E-state index contributed by atoms with van der Waals surface area (Å²) >= 11 is 1.54. The van der Waals surface area contributed by atoms with E-state index in [-0.39, 0.29) is 24.1 Å². The average molecular weight is 511 g/mol. The van der Waals surface area contributed by atoms with Gasteiger partial charge in [0.25, 0.3) is 5.91 Å². The van der Waals surface area contributed by atoms with Crippen molar-refractivity contribution in [2.75, 3.05) is 25.6 Å². The van der Waals surface area contributed by atoms with Crippen molar-refractivity contribution in [1.29, 1.82) is 0 Å². The molecule has 1 amide bonds. The summed E-state index contributed by atoms with van der Waals surface area (Å²) in [6.45, 7) is 4.11. The summed E-state index contributed by atoms with van der Waals surface area (Å²) in [4.78, 5) is 28.1. The lowest BCUT2D eigenvalue weighted by atomic mass is 9.85. The Balaban J connectivity index is 1.57. The highest BCUT2D eigenvalue weighted by Gasteiger charge is 2.42. The molecule has 1 N–H and O–H groups in total. The second-order valence-corrected chi connectivity index (χ2v) is 10.2. The summed E-state index contributed by atoms with van der Waals surface area (Å²) in [5.41, 5.74) is 1.64. The van der Waals surface area contributed by atoms with E-state index in [2.05, 4.69) is 12.2 Å². The predicted molar refractivity (Wildman–Crippen MR) is 143 cm³/mol. The van der Waals surface area contributed by atoms with Gasteiger partial charge in [0.1, 0.15) is 0 Å². The summed E-state index contributed by atoms with van der Waals surface area (Å²) in [5, 5.41) is 3.56. The number of esters is 1. The number of para-hydroxylation sites is 1. The number of thioether (sulfide) groups is 1. The Morgan fingerprint density at radius 2 is 1.92 bits per heavy atom. The quantitative estimate of drug-likeness (QED) is 0.351. The highest BCUT2D eigenvalue weighted by molar-refractivity contribution is 8.05. The molecular weight excluding hydrogens is 476 g/mol. The lowest BCUT2D eigenvalue weighted by Gasteiger charge is -2.39. The first kappa shape index (κ1) is 25.9. The highest BCUT2D eigenvalue weighted by atomic mass is 32.2. The number of carbonyl (C=O) groups is 2. The Morgan fingerprint density at radius 3 is 2.64 bits per heavy atom. The van der Waals surface area contributed by atoms with E-state index >= 15 is 0 Å². The van der Waals surface area contributed by atoms with Crippen LogP contribution in [0.25, 0.3) is 6.08 Å². The van der Waals surface area contributed by atoms with Crippen molar-refractivity contribution in [2.45, 2.75) is 51.1 Å². The van der Waals surface area contributed by atoms with Crippen molar-refractivity contribution < 1.29 is 23.8 Å². The number of anilines is 1. The number of hydrogen-bond acceptors (Lipinski definition) is 7. The summed E-state index contributed by atoms with van der Waals surface area (Å²) in [6, 6.07) is 15.6. The number of nitrogens with zero attached hydrogens (tertiary/aromatic N) is 1. The van der Waals surface area contributed by atoms with Crippen molar-refractivity contribution >= 4 is 35.4 Å². The van der Waals surface area contributed by atoms with Crippen molar-refractivity contribution in [2.24, 2.45) is 5.92 Å². The lowest BCUT2D eigenvalue weighted by Crippen LogP contribution is -2.48. The molecule has 7 nitrogen and oxygen atoms in total. The molecule has 3 atom stereocenters. The zero-order valence-electron chi connectivity index (χ0n) is 21.1. The van der Waals surface area contributed by atoms with Crippen LogP contribution in [0.15, 0.2) is 53.4 Å². The number of benzene rings is 2. The van der Waals surface area contributed by atoms with Crippen LogP contribution < -0.4 is 14.8 Å². The number of hydrogen-bond donors (Lipinski definition) is 1. The Hall–Kier alpha value is -3.13. The average Bonchev–Trinajstić information content (AvgIpc) is 3.18. The topological polar surface area (TPSA) is 77.1 Å². The lowest BCUT2D eigenvalue weighted by molar-refractivity contribution is -0.145. The molecule has 2 aromatic rings. The molecular formula is C28H34N2O5S. The summed E-state index contributed by atoms with van der Waals surface area (Å²) in [6.07, 6.45) is 6.42. The SMILES string of the molecule is CCOC(=O)COc1ccc(/C=C2\SC(Nc3ccccc3)N([C@H]3CCCC[C@H]3C)C2=O)cc1OC. The third-order valence-corrected chi connectivity index (χ3v) is 7.67. The van der Waals surface area contributed by atoms with E-state index in [0.29, 0.717) is 28.9 Å². The van der Waals surface area contributed by atoms with E-state index in [1.807, 2.05) is 53.4 Å². The molecule has 0 bridgehead atoms. The van der Waals surface area contributed by atoms with Crippen molar-refractivity contribution in [3.63, 3.8) is 0 Å². The van der Waals surface area contributed by atoms with Crippen molar-refractivity contribution in [3.05, 3.63) is 59.0 Å². The highest BCUT2D eigenvalue weighted by Crippen LogP contribution is 2.42. The van der Waals surface area contributed by atoms with Gasteiger partial charge in [-0.25, -0.2) is 4.79 Å². The Kier molecular flexibility index (Phi) is 8.80. The summed E-state index contributed by atoms with van der Waals surface area (Å²) in [5.74, 6) is 1.00. The maximum Gasteiger partial charge on any atom is 0.344 e. The van der Waals surface area contributed by atoms with Crippen LogP contribution in [0, 0.1) is 5.92 Å². The van der Waals surface area contributed by atoms with Gasteiger partial charge in [-0.05, 0) is 61.6 Å². The van der Waals surface area contributed by atoms with Crippen LogP contribution in [0.5, 0.6) is 11.5 Å². The smallest absolute Gasteiger partial charge is 0.344 e. The number of ether oxygens (including phenoxy) is 3. The monoisotopic (exact) mass is 510 g/mol. The van der Waals surface area contributed by atoms with Gasteiger partial charge >= 0.3 is 5.97 Å². The molecule has 1 aliphatic heterocycles. The van der Waals surface area contributed by atoms with Crippen LogP contribution in [0.4, 0.5) is 5.69 Å². The van der Waals surface area contributed by atoms with Crippen LogP contribution in [0.1, 0.15) is 45.1 Å². The molecule has 1 heterocycles. The second-order valence-electron chi connectivity index (χ2n) is 9.03. The van der Waals surface area contributed by atoms with Gasteiger partial charge < -0.3 is 24.4 Å². The first-order chi connectivity index (χ1) is 17.5. The Morgan fingerprint density at radius 1 is 1.14 bits per heavy atom. The third kappa shape index (κ3) is 6.16. The first-order valence-electron chi connectivity index (χ1n) is 12.5. The molecule has 1 saturated carbocycles. The van der Waals surface area contributed by atoms with Crippen LogP contribution in [-0.2, 0) is 14.3 Å². The first-order valence-corrected chi connectivity index (χ1v) is 13.4. The summed E-state index contributed by atoms with van der Waals surface area (Å²) < 4.78 is 16.0. The normalized spacial score (nSPS) is 23.0. The molecule has 2 aromatic carbocycles. The molecule has 4 rings (SSSR count). The molecule has 1 unspecified atom stereocenters. The minimum absolute atomic E-state index is 0.0498. The molecule has 0 radical (unpaired) electrons. The molecule has 0 spiro atoms. The number of amides is 1. The molecule has 8 heteroatoms. The molecule has 1 saturated heterocycles. The second kappa shape index (κ2) is 12.2. The summed E-state index contributed by atoms with van der Waals surface area (Å²) in [7, 11) is 1.55. The van der Waals surface area contributed by atoms with E-state index in [9.17, 15) is 9.59 Å². The van der Waals surface area contributed by atoms with Gasteiger partial charge in [0.15, 0.2) is 23.6 Å². The molecule has 0 aromatic heterocycles. The number of carbonyl (C=O) groups excluding carboxylic acids is 2. The molecule has 36 heavy (non-hydrogen) atoms. The fourth-order valence-corrected chi connectivity index (χ4v) is 5.96. The van der Waals surface area contributed by atoms with Gasteiger partial charge in [0.05, 0.1) is 18.6 Å². The van der Waals surface area contributed by atoms with Crippen molar-refractivity contribution in [1.82, 2.24) is 4.90 Å². The van der Waals surface area contributed by atoms with Gasteiger partial charge in [-0.3, -0.25) is 4.79 Å². The van der Waals surface area contributed by atoms with Crippen LogP contribution in [0.3, 0.4) is 0 Å². The standard InChI is InChI=1S/C28H34N2O5S/c1-4-34-26(31)18-35-23-15-14-20(16-24(23)33-3)17-25-27(32)30(22-13-9-8-10-19(22)2)28(36-25)29-21-11-6-5-7-12-21/h5-7,11-12,14-17,19,22,28-29H,4,8-10,13,18H2,1-3H3/b25-17-/t19-,22+,28?/m1/s1. The van der Waals surface area contributed by atoms with Gasteiger partial charge in [0, 0.05) is 11.7 Å². The van der Waals surface area contributed by atoms with Crippen molar-refractivity contribution in [3.8, 4) is 11.5 Å². The molecule has 192 valence electrons. The maximum absolute atomic E-state index is 13.7. The molecule has 2 aliphatic rings. The van der Waals surface area contributed by atoms with Gasteiger partial charge in [-0.15, -0.1) is 0 Å². The zero-order chi connectivity index (χ0) is 25.5. The fourth-order valence-electron chi connectivity index (χ4n) is 4.75. The minimum Gasteiger partial charge on any atom is -0.493 e. The van der Waals surface area contributed by atoms with Gasteiger partial charge in [-0.2, -0.15) is 0 Å². The zero-order valence-corrected chi connectivity index (χ0v) is 21.9. The van der Waals surface area contributed by atoms with E-state index in [4.69, 9.17) is 14.2 Å². The van der Waals surface area contributed by atoms with E-state index in [0.717, 1.165) is 30.5 Å². The number of rotatable bonds is 9. The van der Waals surface area contributed by atoms with Crippen LogP contribution in [0.2, 0.25) is 0 Å². The fraction of sp³-hybridized carbons (Fsp3) is 0.429. The van der Waals surface area contributed by atoms with E-state index < -0.39 is 5.97 Å². The van der Waals surface area contributed by atoms with Crippen LogP contribution >= 0.6 is 11.8 Å². The largest absolute Gasteiger partial charge is 0.493 e. The predicted octanol–water partition coefficient (Wildman–Crippen LogP) is 5.53. The van der Waals surface area contributed by atoms with E-state index in [1.165, 1.54) is 6.42 Å². The van der Waals surface area contributed by atoms with Gasteiger partial charge in [0.2, 0.25) is 0 Å². The maximum atomic E-state index is 13.7. The molecule has 2 fully saturated rings. The third-order valence-electron chi connectivity index (χ3n) is 6.56. The molecule has 1 aliphatic carbocycles. The minimum atomic E-state index is -0.437. The van der Waals surface area contributed by atoms with Crippen LogP contribution in [-0.4, -0.2) is 48.6 Å². The number of methoxy groups -OCH3 is 1.